The van der Waals surface area contributed by atoms with Crippen molar-refractivity contribution in [3.63, 3.8) is 0 Å². The van der Waals surface area contributed by atoms with Crippen molar-refractivity contribution >= 4 is 28.0 Å². The molecule has 3 heteroatoms. The molecule has 0 bridgehead atoms. The Morgan fingerprint density at radius 3 is 2.58 bits per heavy atom. The van der Waals surface area contributed by atoms with Crippen LogP contribution in [0.1, 0.15) is 11.1 Å². The highest BCUT2D eigenvalue weighted by Gasteiger charge is 2.04. The molecular formula is C16H13BrO2. The molecule has 0 fully saturated rings. The number of halogens is 1. The first-order valence-corrected chi connectivity index (χ1v) is 6.65. The second kappa shape index (κ2) is 6.34. The van der Waals surface area contributed by atoms with Gasteiger partial charge in [-0.15, -0.1) is 0 Å². The lowest BCUT2D eigenvalue weighted by Crippen LogP contribution is -2.04. The minimum atomic E-state index is -0.380. The maximum atomic E-state index is 11.7. The molecule has 0 aliphatic carbocycles. The van der Waals surface area contributed by atoms with Crippen LogP contribution in [0.4, 0.5) is 0 Å². The summed E-state index contributed by atoms with van der Waals surface area (Å²) in [7, 11) is 0. The molecule has 0 radical (unpaired) electrons. The Labute approximate surface area is 120 Å². The summed E-state index contributed by atoms with van der Waals surface area (Å²) in [6.45, 7) is 1.90. The van der Waals surface area contributed by atoms with E-state index in [-0.39, 0.29) is 5.97 Å². The number of esters is 1. The second-order valence-corrected chi connectivity index (χ2v) is 4.99. The number of carbonyl (C=O) groups is 1. The number of hydrogen-bond donors (Lipinski definition) is 0. The van der Waals surface area contributed by atoms with E-state index in [0.717, 1.165) is 15.6 Å². The Morgan fingerprint density at radius 2 is 1.89 bits per heavy atom. The molecule has 0 aromatic heterocycles. The minimum Gasteiger partial charge on any atom is -0.423 e. The summed E-state index contributed by atoms with van der Waals surface area (Å²) in [6.07, 6.45) is 3.16. The average Bonchev–Trinajstić information content (AvgIpc) is 2.41. The molecule has 0 heterocycles. The Bertz CT molecular complexity index is 603. The van der Waals surface area contributed by atoms with Crippen molar-refractivity contribution < 1.29 is 9.53 Å². The zero-order valence-corrected chi connectivity index (χ0v) is 12.1. The van der Waals surface area contributed by atoms with Crippen molar-refractivity contribution in [2.45, 2.75) is 6.92 Å². The van der Waals surface area contributed by atoms with E-state index in [4.69, 9.17) is 4.74 Å². The highest BCUT2D eigenvalue weighted by atomic mass is 79.9. The standard InChI is InChI=1S/C16H13BrO2/c1-12-11-14(17)8-9-15(12)19-16(18)10-7-13-5-3-2-4-6-13/h2-11H,1H3/b10-7+. The van der Waals surface area contributed by atoms with Crippen LogP contribution >= 0.6 is 15.9 Å². The maximum Gasteiger partial charge on any atom is 0.336 e. The first-order valence-electron chi connectivity index (χ1n) is 5.86. The fourth-order valence-electron chi connectivity index (χ4n) is 1.60. The topological polar surface area (TPSA) is 26.3 Å². The van der Waals surface area contributed by atoms with Gasteiger partial charge in [-0.2, -0.15) is 0 Å². The lowest BCUT2D eigenvalue weighted by molar-refractivity contribution is -0.128. The molecule has 0 aliphatic rings. The van der Waals surface area contributed by atoms with Crippen LogP contribution in [0.25, 0.3) is 6.08 Å². The van der Waals surface area contributed by atoms with E-state index in [1.165, 1.54) is 6.08 Å². The van der Waals surface area contributed by atoms with Crippen LogP contribution in [-0.4, -0.2) is 5.97 Å². The molecule has 0 unspecified atom stereocenters. The first kappa shape index (κ1) is 13.6. The molecule has 0 spiro atoms. The number of carbonyl (C=O) groups excluding carboxylic acids is 1. The summed E-state index contributed by atoms with van der Waals surface area (Å²) in [5, 5.41) is 0. The lowest BCUT2D eigenvalue weighted by atomic mass is 10.2. The van der Waals surface area contributed by atoms with Gasteiger partial charge >= 0.3 is 5.97 Å². The summed E-state index contributed by atoms with van der Waals surface area (Å²) < 4.78 is 6.24. The van der Waals surface area contributed by atoms with Crippen LogP contribution in [0.15, 0.2) is 59.1 Å². The summed E-state index contributed by atoms with van der Waals surface area (Å²) in [6, 6.07) is 15.1. The number of hydrogen-bond acceptors (Lipinski definition) is 2. The quantitative estimate of drug-likeness (QED) is 0.477. The van der Waals surface area contributed by atoms with Crippen molar-refractivity contribution in [3.05, 3.63) is 70.2 Å². The smallest absolute Gasteiger partial charge is 0.336 e. The third-order valence-electron chi connectivity index (χ3n) is 2.56. The van der Waals surface area contributed by atoms with Gasteiger partial charge in [0.1, 0.15) is 5.75 Å². The van der Waals surface area contributed by atoms with E-state index < -0.39 is 0 Å². The molecule has 0 aliphatic heterocycles. The van der Waals surface area contributed by atoms with Gasteiger partial charge in [0.15, 0.2) is 0 Å². The molecule has 2 aromatic carbocycles. The largest absolute Gasteiger partial charge is 0.423 e. The van der Waals surface area contributed by atoms with E-state index in [1.807, 2.05) is 49.4 Å². The summed E-state index contributed by atoms with van der Waals surface area (Å²) in [5.74, 6) is 0.195. The van der Waals surface area contributed by atoms with Gasteiger partial charge in [-0.1, -0.05) is 46.3 Å². The van der Waals surface area contributed by atoms with Gasteiger partial charge in [0, 0.05) is 10.5 Å². The summed E-state index contributed by atoms with van der Waals surface area (Å²) in [5.41, 5.74) is 1.88. The number of aryl methyl sites for hydroxylation is 1. The van der Waals surface area contributed by atoms with Crippen molar-refractivity contribution in [3.8, 4) is 5.75 Å². The zero-order chi connectivity index (χ0) is 13.7. The Kier molecular flexibility index (Phi) is 4.53. The summed E-state index contributed by atoms with van der Waals surface area (Å²) >= 11 is 3.37. The van der Waals surface area contributed by atoms with Gasteiger partial charge in [0.05, 0.1) is 0 Å². The predicted octanol–water partition coefficient (Wildman–Crippen LogP) is 4.38. The number of benzene rings is 2. The molecule has 2 rings (SSSR count). The highest BCUT2D eigenvalue weighted by Crippen LogP contribution is 2.22. The third kappa shape index (κ3) is 4.07. The maximum absolute atomic E-state index is 11.7. The molecule has 96 valence electrons. The van der Waals surface area contributed by atoms with Crippen molar-refractivity contribution in [2.24, 2.45) is 0 Å². The molecule has 2 nitrogen and oxygen atoms in total. The Balaban J connectivity index is 2.04. The van der Waals surface area contributed by atoms with Crippen LogP contribution in [0.5, 0.6) is 5.75 Å². The van der Waals surface area contributed by atoms with Gasteiger partial charge in [-0.3, -0.25) is 0 Å². The fourth-order valence-corrected chi connectivity index (χ4v) is 2.07. The third-order valence-corrected chi connectivity index (χ3v) is 3.05. The van der Waals surface area contributed by atoms with Crippen molar-refractivity contribution in [2.75, 3.05) is 0 Å². The molecule has 0 amide bonds. The fraction of sp³-hybridized carbons (Fsp3) is 0.0625. The van der Waals surface area contributed by atoms with E-state index in [2.05, 4.69) is 15.9 Å². The van der Waals surface area contributed by atoms with Gasteiger partial charge in [-0.05, 0) is 42.3 Å². The molecule has 0 atom stereocenters. The Morgan fingerprint density at radius 1 is 1.16 bits per heavy atom. The van der Waals surface area contributed by atoms with Crippen LogP contribution < -0.4 is 4.74 Å². The van der Waals surface area contributed by atoms with Gasteiger partial charge in [-0.25, -0.2) is 4.79 Å². The molecule has 0 N–H and O–H groups in total. The van der Waals surface area contributed by atoms with E-state index >= 15 is 0 Å². The second-order valence-electron chi connectivity index (χ2n) is 4.07. The molecule has 0 saturated carbocycles. The molecule has 2 aromatic rings. The number of ether oxygens (including phenoxy) is 1. The van der Waals surface area contributed by atoms with E-state index in [9.17, 15) is 4.79 Å². The van der Waals surface area contributed by atoms with Crippen molar-refractivity contribution in [1.29, 1.82) is 0 Å². The molecule has 19 heavy (non-hydrogen) atoms. The number of rotatable bonds is 3. The van der Waals surface area contributed by atoms with Crippen LogP contribution in [0.2, 0.25) is 0 Å². The SMILES string of the molecule is Cc1cc(Br)ccc1OC(=O)/C=C/c1ccccc1. The highest BCUT2D eigenvalue weighted by molar-refractivity contribution is 9.10. The van der Waals surface area contributed by atoms with E-state index in [0.29, 0.717) is 5.75 Å². The summed E-state index contributed by atoms with van der Waals surface area (Å²) in [4.78, 5) is 11.7. The van der Waals surface area contributed by atoms with Gasteiger partial charge in [0.2, 0.25) is 0 Å². The normalized spacial score (nSPS) is 10.6. The van der Waals surface area contributed by atoms with Crippen molar-refractivity contribution in [1.82, 2.24) is 0 Å². The minimum absolute atomic E-state index is 0.380. The average molecular weight is 317 g/mol. The van der Waals surface area contributed by atoms with Gasteiger partial charge < -0.3 is 4.74 Å². The molecule has 0 saturated heterocycles. The van der Waals surface area contributed by atoms with Crippen LogP contribution in [-0.2, 0) is 4.79 Å². The van der Waals surface area contributed by atoms with Gasteiger partial charge in [0.25, 0.3) is 0 Å². The first-order chi connectivity index (χ1) is 9.15. The monoisotopic (exact) mass is 316 g/mol. The lowest BCUT2D eigenvalue weighted by Gasteiger charge is -2.05. The van der Waals surface area contributed by atoms with Crippen LogP contribution in [0.3, 0.4) is 0 Å². The molecular weight excluding hydrogens is 304 g/mol. The van der Waals surface area contributed by atoms with Crippen LogP contribution in [0, 0.1) is 6.92 Å². The predicted molar refractivity (Wildman–Crippen MR) is 80.0 cm³/mol. The Hall–Kier alpha value is -1.87. The zero-order valence-electron chi connectivity index (χ0n) is 10.5. The van der Waals surface area contributed by atoms with E-state index in [1.54, 1.807) is 12.1 Å².